The standard InChI is InChI=1S/C22H29F3N2O3/c23-22(24,25)21(28)26-17-6-4-15(5-7-17)8-11-27-12-9-16(10-13-27)18-2-1-3-19-20(18)30-14-29-19/h1-3,15-17H,4-14H2,(H,26,28). The molecular weight excluding hydrogens is 397 g/mol. The Labute approximate surface area is 174 Å². The van der Waals surface area contributed by atoms with Crippen LogP contribution in [-0.4, -0.2) is 49.5 Å². The van der Waals surface area contributed by atoms with Crippen molar-refractivity contribution in [2.75, 3.05) is 26.4 Å². The first-order chi connectivity index (χ1) is 14.4. The summed E-state index contributed by atoms with van der Waals surface area (Å²) in [4.78, 5) is 13.6. The van der Waals surface area contributed by atoms with Gasteiger partial charge in [-0.25, -0.2) is 0 Å². The lowest BCUT2D eigenvalue weighted by molar-refractivity contribution is -0.174. The third-order valence-electron chi connectivity index (χ3n) is 6.75. The second-order valence-electron chi connectivity index (χ2n) is 8.67. The number of hydrogen-bond acceptors (Lipinski definition) is 4. The molecule has 30 heavy (non-hydrogen) atoms. The Morgan fingerprint density at radius 1 is 1.07 bits per heavy atom. The van der Waals surface area contributed by atoms with Gasteiger partial charge >= 0.3 is 12.1 Å². The van der Waals surface area contributed by atoms with E-state index in [4.69, 9.17) is 9.47 Å². The molecule has 1 aromatic carbocycles. The number of fused-ring (bicyclic) bond motifs is 1. The first-order valence-electron chi connectivity index (χ1n) is 10.9. The van der Waals surface area contributed by atoms with Crippen LogP contribution in [0.2, 0.25) is 0 Å². The van der Waals surface area contributed by atoms with Gasteiger partial charge in [-0.2, -0.15) is 13.2 Å². The molecule has 1 amide bonds. The third-order valence-corrected chi connectivity index (χ3v) is 6.75. The number of piperidine rings is 1. The molecule has 1 saturated heterocycles. The molecule has 4 rings (SSSR count). The summed E-state index contributed by atoms with van der Waals surface area (Å²) in [5.74, 6) is 0.965. The maximum absolute atomic E-state index is 12.4. The Bertz CT molecular complexity index is 740. The van der Waals surface area contributed by atoms with Crippen LogP contribution in [0, 0.1) is 5.92 Å². The number of nitrogens with one attached hydrogen (secondary N) is 1. The SMILES string of the molecule is O=C(NC1CCC(CCN2CCC(c3cccc4c3OCO4)CC2)CC1)C(F)(F)F. The fraction of sp³-hybridized carbons (Fsp3) is 0.682. The summed E-state index contributed by atoms with van der Waals surface area (Å²) in [5, 5.41) is 2.13. The van der Waals surface area contributed by atoms with Crippen molar-refractivity contribution in [2.24, 2.45) is 5.92 Å². The number of carbonyl (C=O) groups is 1. The number of likely N-dealkylation sites (tertiary alicyclic amines) is 1. The first-order valence-corrected chi connectivity index (χ1v) is 10.9. The Morgan fingerprint density at radius 3 is 2.50 bits per heavy atom. The van der Waals surface area contributed by atoms with Gasteiger partial charge in [0.2, 0.25) is 6.79 Å². The lowest BCUT2D eigenvalue weighted by Crippen LogP contribution is -2.44. The largest absolute Gasteiger partial charge is 0.471 e. The lowest BCUT2D eigenvalue weighted by Gasteiger charge is -2.34. The second kappa shape index (κ2) is 9.04. The van der Waals surface area contributed by atoms with E-state index in [9.17, 15) is 18.0 Å². The maximum atomic E-state index is 12.4. The highest BCUT2D eigenvalue weighted by molar-refractivity contribution is 5.81. The summed E-state index contributed by atoms with van der Waals surface area (Å²) in [7, 11) is 0. The predicted octanol–water partition coefficient (Wildman–Crippen LogP) is 4.22. The summed E-state index contributed by atoms with van der Waals surface area (Å²) in [6, 6.07) is 5.78. The summed E-state index contributed by atoms with van der Waals surface area (Å²) in [6.07, 6.45) is 1.50. The molecule has 1 saturated carbocycles. The van der Waals surface area contributed by atoms with Gasteiger partial charge in [0.1, 0.15) is 0 Å². The molecule has 166 valence electrons. The molecule has 0 bridgehead atoms. The van der Waals surface area contributed by atoms with Gasteiger partial charge in [-0.15, -0.1) is 0 Å². The topological polar surface area (TPSA) is 50.8 Å². The fourth-order valence-electron chi connectivity index (χ4n) is 4.97. The summed E-state index contributed by atoms with van der Waals surface area (Å²) >= 11 is 0. The molecule has 3 aliphatic rings. The molecule has 0 unspecified atom stereocenters. The first kappa shape index (κ1) is 21.3. The van der Waals surface area contributed by atoms with Crippen LogP contribution in [0.3, 0.4) is 0 Å². The summed E-state index contributed by atoms with van der Waals surface area (Å²) in [5.41, 5.74) is 1.25. The van der Waals surface area contributed by atoms with Gasteiger partial charge < -0.3 is 19.7 Å². The average molecular weight is 426 g/mol. The number of alkyl halides is 3. The van der Waals surface area contributed by atoms with Crippen LogP contribution in [0.4, 0.5) is 13.2 Å². The third kappa shape index (κ3) is 5.02. The molecule has 2 heterocycles. The van der Waals surface area contributed by atoms with Gasteiger partial charge in [0.25, 0.3) is 0 Å². The summed E-state index contributed by atoms with van der Waals surface area (Å²) in [6.45, 7) is 3.43. The molecule has 0 atom stereocenters. The quantitative estimate of drug-likeness (QED) is 0.766. The van der Waals surface area contributed by atoms with E-state index in [2.05, 4.69) is 16.3 Å². The van der Waals surface area contributed by atoms with E-state index in [1.54, 1.807) is 0 Å². The van der Waals surface area contributed by atoms with Gasteiger partial charge in [0.15, 0.2) is 11.5 Å². The van der Waals surface area contributed by atoms with Crippen molar-refractivity contribution in [3.05, 3.63) is 23.8 Å². The number of halogens is 3. The zero-order valence-electron chi connectivity index (χ0n) is 17.0. The van der Waals surface area contributed by atoms with Crippen LogP contribution in [-0.2, 0) is 4.79 Å². The van der Waals surface area contributed by atoms with Gasteiger partial charge in [0.05, 0.1) is 0 Å². The minimum absolute atomic E-state index is 0.299. The molecule has 5 nitrogen and oxygen atoms in total. The van der Waals surface area contributed by atoms with Crippen LogP contribution in [0.15, 0.2) is 18.2 Å². The number of benzene rings is 1. The lowest BCUT2D eigenvalue weighted by atomic mass is 9.83. The van der Waals surface area contributed by atoms with E-state index in [0.717, 1.165) is 63.2 Å². The molecule has 2 aliphatic heterocycles. The smallest absolute Gasteiger partial charge is 0.454 e. The molecule has 1 N–H and O–H groups in total. The molecule has 2 fully saturated rings. The van der Waals surface area contributed by atoms with Crippen LogP contribution in [0.25, 0.3) is 0 Å². The second-order valence-corrected chi connectivity index (χ2v) is 8.67. The zero-order valence-corrected chi connectivity index (χ0v) is 17.0. The predicted molar refractivity (Wildman–Crippen MR) is 106 cm³/mol. The highest BCUT2D eigenvalue weighted by Crippen LogP contribution is 2.42. The van der Waals surface area contributed by atoms with Crippen molar-refractivity contribution >= 4 is 5.91 Å². The van der Waals surface area contributed by atoms with E-state index in [1.807, 2.05) is 12.1 Å². The Balaban J connectivity index is 1.17. The number of carbonyl (C=O) groups excluding carboxylic acids is 1. The number of nitrogens with zero attached hydrogens (tertiary/aromatic N) is 1. The van der Waals surface area contributed by atoms with E-state index in [1.165, 1.54) is 5.56 Å². The molecule has 1 aromatic rings. The normalized spacial score (nSPS) is 25.3. The van der Waals surface area contributed by atoms with Crippen LogP contribution >= 0.6 is 0 Å². The number of ether oxygens (including phenoxy) is 2. The zero-order chi connectivity index (χ0) is 21.1. The van der Waals surface area contributed by atoms with Gasteiger partial charge in [-0.1, -0.05) is 12.1 Å². The van der Waals surface area contributed by atoms with Crippen molar-refractivity contribution in [1.82, 2.24) is 10.2 Å². The molecule has 8 heteroatoms. The monoisotopic (exact) mass is 426 g/mol. The van der Waals surface area contributed by atoms with Crippen molar-refractivity contribution in [2.45, 2.75) is 63.1 Å². The van der Waals surface area contributed by atoms with Crippen LogP contribution < -0.4 is 14.8 Å². The Kier molecular flexibility index (Phi) is 6.41. The maximum Gasteiger partial charge on any atom is 0.471 e. The molecule has 1 aliphatic carbocycles. The van der Waals surface area contributed by atoms with E-state index < -0.39 is 12.1 Å². The van der Waals surface area contributed by atoms with Gasteiger partial charge in [0, 0.05) is 11.6 Å². The molecule has 0 radical (unpaired) electrons. The highest BCUT2D eigenvalue weighted by atomic mass is 19.4. The Hall–Kier alpha value is -1.96. The molecular formula is C22H29F3N2O3. The van der Waals surface area contributed by atoms with E-state index in [-0.39, 0.29) is 6.04 Å². The van der Waals surface area contributed by atoms with Gasteiger partial charge in [-0.3, -0.25) is 4.79 Å². The number of hydrogen-bond donors (Lipinski definition) is 1. The van der Waals surface area contributed by atoms with Crippen LogP contribution in [0.5, 0.6) is 11.5 Å². The average Bonchev–Trinajstić information content (AvgIpc) is 3.22. The minimum atomic E-state index is -4.79. The molecule has 0 spiro atoms. The van der Waals surface area contributed by atoms with Crippen LogP contribution in [0.1, 0.15) is 56.4 Å². The fourth-order valence-corrected chi connectivity index (χ4v) is 4.97. The van der Waals surface area contributed by atoms with Gasteiger partial charge in [-0.05, 0) is 82.5 Å². The van der Waals surface area contributed by atoms with Crippen molar-refractivity contribution in [3.8, 4) is 11.5 Å². The highest BCUT2D eigenvalue weighted by Gasteiger charge is 2.40. The van der Waals surface area contributed by atoms with E-state index in [0.29, 0.717) is 31.5 Å². The minimum Gasteiger partial charge on any atom is -0.454 e. The Morgan fingerprint density at radius 2 is 1.80 bits per heavy atom. The number of rotatable bonds is 5. The molecule has 0 aromatic heterocycles. The van der Waals surface area contributed by atoms with Crippen molar-refractivity contribution in [1.29, 1.82) is 0 Å². The van der Waals surface area contributed by atoms with Crippen molar-refractivity contribution in [3.63, 3.8) is 0 Å². The number of amides is 1. The van der Waals surface area contributed by atoms with Crippen molar-refractivity contribution < 1.29 is 27.4 Å². The number of para-hydroxylation sites is 1. The summed E-state index contributed by atoms with van der Waals surface area (Å²) < 4.78 is 48.3. The van der Waals surface area contributed by atoms with E-state index >= 15 is 0 Å².